The molecule has 1 aromatic rings. The number of hydrogen-bond acceptors (Lipinski definition) is 2. The van der Waals surface area contributed by atoms with Crippen LogP contribution in [0.15, 0.2) is 18.2 Å². The van der Waals surface area contributed by atoms with Gasteiger partial charge in [-0.1, -0.05) is 23.7 Å². The molecule has 0 fully saturated rings. The summed E-state index contributed by atoms with van der Waals surface area (Å²) in [6.45, 7) is 0.00340. The summed E-state index contributed by atoms with van der Waals surface area (Å²) in [5.74, 6) is 0. The summed E-state index contributed by atoms with van der Waals surface area (Å²) in [6, 6.07) is 3.08. The lowest BCUT2D eigenvalue weighted by molar-refractivity contribution is -0.138. The molecule has 1 atom stereocenters. The fourth-order valence-electron chi connectivity index (χ4n) is 1.42. The molecule has 0 bridgehead atoms. The maximum absolute atomic E-state index is 12.7. The van der Waals surface area contributed by atoms with Crippen molar-refractivity contribution in [2.45, 2.75) is 12.2 Å². The van der Waals surface area contributed by atoms with Crippen LogP contribution in [-0.4, -0.2) is 13.7 Å². The van der Waals surface area contributed by atoms with E-state index in [0.29, 0.717) is 0 Å². The van der Waals surface area contributed by atoms with E-state index in [2.05, 4.69) is 0 Å². The number of benzene rings is 1. The Kier molecular flexibility index (Phi) is 4.18. The molecule has 0 heterocycles. The van der Waals surface area contributed by atoms with Crippen molar-refractivity contribution in [1.82, 2.24) is 0 Å². The van der Waals surface area contributed by atoms with Gasteiger partial charge in [-0.25, -0.2) is 0 Å². The fraction of sp³-hybridized carbons (Fsp3) is 0.400. The number of ether oxygens (including phenoxy) is 1. The van der Waals surface area contributed by atoms with Crippen LogP contribution in [0.4, 0.5) is 13.2 Å². The van der Waals surface area contributed by atoms with Crippen molar-refractivity contribution >= 4 is 11.6 Å². The monoisotopic (exact) mass is 253 g/mol. The molecule has 0 amide bonds. The predicted octanol–water partition coefficient (Wildman–Crippen LogP) is 3.01. The average molecular weight is 254 g/mol. The molecule has 0 aliphatic heterocycles. The predicted molar refractivity (Wildman–Crippen MR) is 55.3 cm³/mol. The molecule has 0 radical (unpaired) electrons. The van der Waals surface area contributed by atoms with Gasteiger partial charge in [-0.3, -0.25) is 0 Å². The smallest absolute Gasteiger partial charge is 0.383 e. The minimum absolute atomic E-state index is 0.00340. The van der Waals surface area contributed by atoms with Gasteiger partial charge in [0.05, 0.1) is 23.2 Å². The molecule has 16 heavy (non-hydrogen) atoms. The van der Waals surface area contributed by atoms with Gasteiger partial charge in [0.2, 0.25) is 0 Å². The first-order chi connectivity index (χ1) is 7.38. The van der Waals surface area contributed by atoms with E-state index in [1.165, 1.54) is 25.3 Å². The van der Waals surface area contributed by atoms with Crippen LogP contribution >= 0.6 is 11.6 Å². The van der Waals surface area contributed by atoms with E-state index in [1.54, 1.807) is 0 Å². The zero-order valence-corrected chi connectivity index (χ0v) is 9.27. The molecule has 90 valence electrons. The van der Waals surface area contributed by atoms with E-state index >= 15 is 0 Å². The number of methoxy groups -OCH3 is 1. The van der Waals surface area contributed by atoms with Gasteiger partial charge in [0.1, 0.15) is 0 Å². The normalized spacial score (nSPS) is 13.9. The molecule has 0 aliphatic rings. The van der Waals surface area contributed by atoms with Crippen molar-refractivity contribution in [2.24, 2.45) is 5.73 Å². The Morgan fingerprint density at radius 1 is 1.44 bits per heavy atom. The third-order valence-corrected chi connectivity index (χ3v) is 2.39. The lowest BCUT2D eigenvalue weighted by atomic mass is 10.0. The Hall–Kier alpha value is -0.780. The Morgan fingerprint density at radius 3 is 2.56 bits per heavy atom. The highest BCUT2D eigenvalue weighted by atomic mass is 35.5. The fourth-order valence-corrected chi connectivity index (χ4v) is 1.71. The van der Waals surface area contributed by atoms with E-state index in [9.17, 15) is 13.2 Å². The van der Waals surface area contributed by atoms with E-state index in [-0.39, 0.29) is 17.2 Å². The highest BCUT2D eigenvalue weighted by Crippen LogP contribution is 2.38. The summed E-state index contributed by atoms with van der Waals surface area (Å²) in [7, 11) is 1.37. The standard InChI is InChI=1S/C10H11ClF3NO/c1-16-5-8(15)6-3-2-4-7(11)9(6)10(12,13)14/h2-4,8H,5,15H2,1H3/t8-/m0/s1. The highest BCUT2D eigenvalue weighted by Gasteiger charge is 2.36. The number of nitrogens with two attached hydrogens (primary N) is 1. The molecule has 0 unspecified atom stereocenters. The summed E-state index contributed by atoms with van der Waals surface area (Å²) in [5, 5.41) is -0.350. The summed E-state index contributed by atoms with van der Waals surface area (Å²) >= 11 is 5.54. The lowest BCUT2D eigenvalue weighted by Gasteiger charge is -2.18. The zero-order chi connectivity index (χ0) is 12.3. The first kappa shape index (κ1) is 13.3. The summed E-state index contributed by atoms with van der Waals surface area (Å²) < 4.78 is 42.9. The second kappa shape index (κ2) is 5.03. The van der Waals surface area contributed by atoms with E-state index in [1.807, 2.05) is 0 Å². The van der Waals surface area contributed by atoms with Gasteiger partial charge in [-0.2, -0.15) is 13.2 Å². The minimum Gasteiger partial charge on any atom is -0.383 e. The van der Waals surface area contributed by atoms with Crippen LogP contribution in [0.3, 0.4) is 0 Å². The molecule has 2 N–H and O–H groups in total. The molecule has 0 saturated heterocycles. The first-order valence-electron chi connectivity index (χ1n) is 4.48. The molecule has 0 aromatic heterocycles. The molecule has 2 nitrogen and oxygen atoms in total. The van der Waals surface area contributed by atoms with Crippen molar-refractivity contribution in [1.29, 1.82) is 0 Å². The van der Waals surface area contributed by atoms with Gasteiger partial charge in [-0.15, -0.1) is 0 Å². The van der Waals surface area contributed by atoms with E-state index < -0.39 is 17.8 Å². The summed E-state index contributed by atoms with van der Waals surface area (Å²) in [6.07, 6.45) is -4.51. The maximum atomic E-state index is 12.7. The quantitative estimate of drug-likeness (QED) is 0.899. The van der Waals surface area contributed by atoms with E-state index in [4.69, 9.17) is 22.1 Å². The van der Waals surface area contributed by atoms with Gasteiger partial charge >= 0.3 is 6.18 Å². The van der Waals surface area contributed by atoms with Gasteiger partial charge in [-0.05, 0) is 11.6 Å². The van der Waals surface area contributed by atoms with Crippen molar-refractivity contribution in [3.63, 3.8) is 0 Å². The highest BCUT2D eigenvalue weighted by molar-refractivity contribution is 6.31. The van der Waals surface area contributed by atoms with Gasteiger partial charge in [0.15, 0.2) is 0 Å². The van der Waals surface area contributed by atoms with Crippen molar-refractivity contribution < 1.29 is 17.9 Å². The van der Waals surface area contributed by atoms with Crippen molar-refractivity contribution in [2.75, 3.05) is 13.7 Å². The number of alkyl halides is 3. The molecular weight excluding hydrogens is 243 g/mol. The van der Waals surface area contributed by atoms with Crippen LogP contribution in [0.5, 0.6) is 0 Å². The topological polar surface area (TPSA) is 35.2 Å². The van der Waals surface area contributed by atoms with Gasteiger partial charge in [0.25, 0.3) is 0 Å². The average Bonchev–Trinajstić information content (AvgIpc) is 2.15. The third kappa shape index (κ3) is 2.87. The zero-order valence-electron chi connectivity index (χ0n) is 8.51. The molecular formula is C10H11ClF3NO. The Labute approximate surface area is 96.1 Å². The van der Waals surface area contributed by atoms with Crippen LogP contribution in [-0.2, 0) is 10.9 Å². The SMILES string of the molecule is COC[C@H](N)c1cccc(Cl)c1C(F)(F)F. The molecule has 1 aromatic carbocycles. The molecule has 0 aliphatic carbocycles. The second-order valence-electron chi connectivity index (χ2n) is 3.26. The van der Waals surface area contributed by atoms with Crippen molar-refractivity contribution in [3.05, 3.63) is 34.3 Å². The Balaban J connectivity index is 3.23. The lowest BCUT2D eigenvalue weighted by Crippen LogP contribution is -2.21. The minimum atomic E-state index is -4.51. The molecule has 6 heteroatoms. The number of rotatable bonds is 3. The first-order valence-corrected chi connectivity index (χ1v) is 4.86. The largest absolute Gasteiger partial charge is 0.418 e. The maximum Gasteiger partial charge on any atom is 0.418 e. The summed E-state index contributed by atoms with van der Waals surface area (Å²) in [5.41, 5.74) is 4.65. The Bertz CT molecular complexity index is 368. The molecule has 0 saturated carbocycles. The van der Waals surface area contributed by atoms with Crippen LogP contribution in [0.25, 0.3) is 0 Å². The molecule has 1 rings (SSSR count). The number of hydrogen-bond donors (Lipinski definition) is 1. The van der Waals surface area contributed by atoms with Crippen molar-refractivity contribution in [3.8, 4) is 0 Å². The van der Waals surface area contributed by atoms with Gasteiger partial charge < -0.3 is 10.5 Å². The summed E-state index contributed by atoms with van der Waals surface area (Å²) in [4.78, 5) is 0. The van der Waals surface area contributed by atoms with Crippen LogP contribution in [0.2, 0.25) is 5.02 Å². The van der Waals surface area contributed by atoms with Crippen LogP contribution < -0.4 is 5.73 Å². The number of halogens is 4. The van der Waals surface area contributed by atoms with E-state index in [0.717, 1.165) is 0 Å². The second-order valence-corrected chi connectivity index (χ2v) is 3.67. The van der Waals surface area contributed by atoms with Gasteiger partial charge in [0, 0.05) is 7.11 Å². The Morgan fingerprint density at radius 2 is 2.06 bits per heavy atom. The van der Waals surface area contributed by atoms with Crippen LogP contribution in [0, 0.1) is 0 Å². The molecule has 0 spiro atoms. The third-order valence-electron chi connectivity index (χ3n) is 2.08. The van der Waals surface area contributed by atoms with Crippen LogP contribution in [0.1, 0.15) is 17.2 Å².